The predicted molar refractivity (Wildman–Crippen MR) is 144 cm³/mol. The zero-order chi connectivity index (χ0) is 25.3. The molecule has 2 aromatic carbocycles. The molecule has 0 saturated carbocycles. The quantitative estimate of drug-likeness (QED) is 0.373. The molecule has 3 aromatic rings. The van der Waals surface area contributed by atoms with Gasteiger partial charge in [-0.1, -0.05) is 35.6 Å². The zero-order valence-electron chi connectivity index (χ0n) is 20.7. The van der Waals surface area contributed by atoms with Crippen molar-refractivity contribution in [2.24, 2.45) is 4.99 Å². The first-order valence-electron chi connectivity index (χ1n) is 11.3. The van der Waals surface area contributed by atoms with Crippen LogP contribution in [0.25, 0.3) is 6.08 Å². The topological polar surface area (TPSA) is 63.9 Å². The number of carbonyl (C=O) groups is 1. The van der Waals surface area contributed by atoms with Gasteiger partial charge in [-0.15, -0.1) is 11.8 Å². The first-order chi connectivity index (χ1) is 16.7. The summed E-state index contributed by atoms with van der Waals surface area (Å²) in [5.41, 5.74) is 3.64. The number of benzene rings is 2. The van der Waals surface area contributed by atoms with Gasteiger partial charge in [0.25, 0.3) is 5.56 Å². The van der Waals surface area contributed by atoms with E-state index in [2.05, 4.69) is 4.99 Å². The highest BCUT2D eigenvalue weighted by atomic mass is 32.2. The maximum atomic E-state index is 13.7. The van der Waals surface area contributed by atoms with Gasteiger partial charge in [-0.3, -0.25) is 9.36 Å². The van der Waals surface area contributed by atoms with Crippen LogP contribution in [-0.2, 0) is 9.53 Å². The van der Waals surface area contributed by atoms with Gasteiger partial charge in [-0.05, 0) is 68.5 Å². The molecule has 1 aliphatic rings. The van der Waals surface area contributed by atoms with E-state index < -0.39 is 12.0 Å². The minimum atomic E-state index is -0.605. The molecule has 8 heteroatoms. The third-order valence-electron chi connectivity index (χ3n) is 5.72. The summed E-state index contributed by atoms with van der Waals surface area (Å²) in [4.78, 5) is 35.2. The van der Waals surface area contributed by atoms with Gasteiger partial charge in [0, 0.05) is 24.7 Å². The Bertz CT molecular complexity index is 1450. The third-order valence-corrected chi connectivity index (χ3v) is 7.45. The molecular weight excluding hydrogens is 478 g/mol. The minimum absolute atomic E-state index is 0.174. The number of rotatable bonds is 6. The van der Waals surface area contributed by atoms with Crippen LogP contribution in [0, 0.1) is 0 Å². The summed E-state index contributed by atoms with van der Waals surface area (Å²) in [7, 11) is 3.98. The van der Waals surface area contributed by atoms with Gasteiger partial charge in [0.15, 0.2) is 4.80 Å². The van der Waals surface area contributed by atoms with Crippen LogP contribution in [0.5, 0.6) is 0 Å². The average molecular weight is 508 g/mol. The molecule has 0 spiro atoms. The molecule has 0 bridgehead atoms. The molecule has 0 saturated heterocycles. The van der Waals surface area contributed by atoms with Crippen LogP contribution < -0.4 is 19.8 Å². The number of hydrogen-bond donors (Lipinski definition) is 0. The Labute approximate surface area is 213 Å². The smallest absolute Gasteiger partial charge is 0.338 e. The van der Waals surface area contributed by atoms with Crippen molar-refractivity contribution in [3.05, 3.63) is 90.6 Å². The Kier molecular flexibility index (Phi) is 7.33. The van der Waals surface area contributed by atoms with Crippen molar-refractivity contribution >= 4 is 40.8 Å². The lowest BCUT2D eigenvalue weighted by atomic mass is 9.96. The summed E-state index contributed by atoms with van der Waals surface area (Å²) in [5.74, 6) is -0.450. The highest BCUT2D eigenvalue weighted by Gasteiger charge is 2.33. The lowest BCUT2D eigenvalue weighted by Crippen LogP contribution is -2.40. The molecule has 0 amide bonds. The molecule has 35 heavy (non-hydrogen) atoms. The summed E-state index contributed by atoms with van der Waals surface area (Å²) in [5, 5.41) is 0. The van der Waals surface area contributed by atoms with Gasteiger partial charge >= 0.3 is 5.97 Å². The number of thioether (sulfide) groups is 1. The molecule has 6 nitrogen and oxygen atoms in total. The number of thiazole rings is 1. The van der Waals surface area contributed by atoms with Crippen LogP contribution >= 0.6 is 23.1 Å². The fourth-order valence-corrected chi connectivity index (χ4v) is 5.44. The summed E-state index contributed by atoms with van der Waals surface area (Å²) in [6, 6.07) is 15.3. The number of aromatic nitrogens is 1. The number of allylic oxidation sites excluding steroid dienone is 1. The van der Waals surface area contributed by atoms with E-state index in [1.54, 1.807) is 23.3 Å². The molecule has 0 aliphatic carbocycles. The Hall–Kier alpha value is -3.10. The molecule has 1 aliphatic heterocycles. The normalized spacial score (nSPS) is 15.7. The second kappa shape index (κ2) is 10.3. The van der Waals surface area contributed by atoms with Crippen molar-refractivity contribution in [3.8, 4) is 0 Å². The zero-order valence-corrected chi connectivity index (χ0v) is 22.4. The monoisotopic (exact) mass is 507 g/mol. The Morgan fingerprint density at radius 1 is 1.14 bits per heavy atom. The predicted octanol–water partition coefficient (Wildman–Crippen LogP) is 3.97. The molecular formula is C27H29N3O3S2. The van der Waals surface area contributed by atoms with Gasteiger partial charge in [0.1, 0.15) is 0 Å². The van der Waals surface area contributed by atoms with Crippen molar-refractivity contribution in [1.29, 1.82) is 0 Å². The molecule has 1 aromatic heterocycles. The fourth-order valence-electron chi connectivity index (χ4n) is 3.98. The molecule has 0 radical (unpaired) electrons. The minimum Gasteiger partial charge on any atom is -0.459 e. The maximum absolute atomic E-state index is 13.7. The van der Waals surface area contributed by atoms with Gasteiger partial charge in [-0.25, -0.2) is 9.79 Å². The second-order valence-electron chi connectivity index (χ2n) is 8.79. The average Bonchev–Trinajstić information content (AvgIpc) is 3.12. The summed E-state index contributed by atoms with van der Waals surface area (Å²) < 4.78 is 7.76. The number of ether oxygens (including phenoxy) is 1. The molecule has 0 fully saturated rings. The van der Waals surface area contributed by atoms with E-state index in [0.717, 1.165) is 21.7 Å². The van der Waals surface area contributed by atoms with Crippen molar-refractivity contribution in [3.63, 3.8) is 0 Å². The van der Waals surface area contributed by atoms with Crippen LogP contribution in [-0.4, -0.2) is 37.0 Å². The van der Waals surface area contributed by atoms with E-state index in [1.807, 2.05) is 93.7 Å². The number of fused-ring (bicyclic) bond motifs is 1. The molecule has 2 heterocycles. The van der Waals surface area contributed by atoms with Gasteiger partial charge in [0.05, 0.1) is 27.9 Å². The number of esters is 1. The van der Waals surface area contributed by atoms with Crippen molar-refractivity contribution in [1.82, 2.24) is 4.57 Å². The molecule has 0 N–H and O–H groups in total. The Morgan fingerprint density at radius 3 is 2.37 bits per heavy atom. The van der Waals surface area contributed by atoms with Gasteiger partial charge < -0.3 is 9.64 Å². The largest absolute Gasteiger partial charge is 0.459 e. The van der Waals surface area contributed by atoms with Crippen molar-refractivity contribution in [2.75, 3.05) is 25.3 Å². The second-order valence-corrected chi connectivity index (χ2v) is 10.7. The third kappa shape index (κ3) is 5.13. The Balaban J connectivity index is 1.88. The summed E-state index contributed by atoms with van der Waals surface area (Å²) >= 11 is 2.97. The maximum Gasteiger partial charge on any atom is 0.338 e. The van der Waals surface area contributed by atoms with Gasteiger partial charge in [-0.2, -0.15) is 0 Å². The lowest BCUT2D eigenvalue weighted by molar-refractivity contribution is -0.143. The van der Waals surface area contributed by atoms with Crippen LogP contribution in [0.15, 0.2) is 74.5 Å². The van der Waals surface area contributed by atoms with Gasteiger partial charge in [0.2, 0.25) is 0 Å². The molecule has 4 rings (SSSR count). The standard InChI is InChI=1S/C27H29N3O3S2/c1-16(2)33-26(32)23-17(3)28-27-30(24(23)19-9-13-21(34-6)14-10-19)25(31)22(35-27)15-18-7-11-20(12-8-18)29(4)5/h7-16,24H,1-6H3/b22-15-/t24-/m1/s1. The van der Waals surface area contributed by atoms with Crippen molar-refractivity contribution in [2.45, 2.75) is 37.8 Å². The van der Waals surface area contributed by atoms with Crippen LogP contribution in [0.4, 0.5) is 5.69 Å². The summed E-state index contributed by atoms with van der Waals surface area (Å²) in [6.07, 6.45) is 3.61. The lowest BCUT2D eigenvalue weighted by Gasteiger charge is -2.25. The molecule has 182 valence electrons. The fraction of sp³-hybridized carbons (Fsp3) is 0.296. The SMILES string of the molecule is CSc1ccc([C@@H]2C(C(=O)OC(C)C)=C(C)N=c3s/c(=C\c4ccc(N(C)C)cc4)c(=O)n32)cc1. The van der Waals surface area contributed by atoms with Crippen LogP contribution in [0.3, 0.4) is 0 Å². The Morgan fingerprint density at radius 2 is 1.80 bits per heavy atom. The van der Waals surface area contributed by atoms with Crippen LogP contribution in [0.1, 0.15) is 37.9 Å². The highest BCUT2D eigenvalue weighted by molar-refractivity contribution is 7.98. The van der Waals surface area contributed by atoms with E-state index in [9.17, 15) is 9.59 Å². The number of anilines is 1. The summed E-state index contributed by atoms with van der Waals surface area (Å²) in [6.45, 7) is 5.43. The van der Waals surface area contributed by atoms with E-state index in [0.29, 0.717) is 20.6 Å². The van der Waals surface area contributed by atoms with Crippen LogP contribution in [0.2, 0.25) is 0 Å². The number of carbonyl (C=O) groups excluding carboxylic acids is 1. The van der Waals surface area contributed by atoms with E-state index >= 15 is 0 Å². The molecule has 0 unspecified atom stereocenters. The van der Waals surface area contributed by atoms with E-state index in [4.69, 9.17) is 4.74 Å². The number of nitrogens with zero attached hydrogens (tertiary/aromatic N) is 3. The van der Waals surface area contributed by atoms with Crippen molar-refractivity contribution < 1.29 is 9.53 Å². The highest BCUT2D eigenvalue weighted by Crippen LogP contribution is 2.32. The number of hydrogen-bond acceptors (Lipinski definition) is 7. The van der Waals surface area contributed by atoms with E-state index in [1.165, 1.54) is 11.3 Å². The van der Waals surface area contributed by atoms with E-state index in [-0.39, 0.29) is 11.7 Å². The first-order valence-corrected chi connectivity index (χ1v) is 13.4. The first kappa shape index (κ1) is 25.0. The molecule has 1 atom stereocenters.